The Kier molecular flexibility index (Phi) is 9.97. The van der Waals surface area contributed by atoms with Gasteiger partial charge in [-0.15, -0.1) is 0 Å². The summed E-state index contributed by atoms with van der Waals surface area (Å²) in [5.41, 5.74) is 5.45. The lowest BCUT2D eigenvalue weighted by Crippen LogP contribution is -2.43. The standard InChI is InChI=1S/C32H33N5O9/c1-21-4-5-22(2)36(21)24-6-8-25(9-7-24)44-19-26-10-11-28(46-26)32(39)34-33-18-23-16-27(37(40)41)31(29(17-23)42-3)45-20-30(38)35-12-14-43-15-13-35/h4-11,16-18H,12-15,19-20H2,1-3H3,(H,34,39)/b33-18+. The fraction of sp³-hybridized carbons (Fsp3) is 0.281. The average molecular weight is 632 g/mol. The molecule has 1 saturated heterocycles. The van der Waals surface area contributed by atoms with Gasteiger partial charge in [0.15, 0.2) is 18.1 Å². The van der Waals surface area contributed by atoms with Crippen molar-refractivity contribution in [1.82, 2.24) is 14.9 Å². The van der Waals surface area contributed by atoms with Crippen molar-refractivity contribution in [1.29, 1.82) is 0 Å². The van der Waals surface area contributed by atoms with Gasteiger partial charge in [0.05, 0.1) is 31.5 Å². The molecule has 2 aromatic carbocycles. The molecule has 0 spiro atoms. The van der Waals surface area contributed by atoms with Gasteiger partial charge in [0.25, 0.3) is 5.91 Å². The fourth-order valence-corrected chi connectivity index (χ4v) is 4.87. The van der Waals surface area contributed by atoms with Crippen molar-refractivity contribution in [2.45, 2.75) is 20.5 Å². The number of methoxy groups -OCH3 is 1. The first-order valence-corrected chi connectivity index (χ1v) is 14.4. The van der Waals surface area contributed by atoms with Gasteiger partial charge in [-0.1, -0.05) is 0 Å². The summed E-state index contributed by atoms with van der Waals surface area (Å²) in [5, 5.41) is 15.7. The largest absolute Gasteiger partial charge is 0.493 e. The van der Waals surface area contributed by atoms with Crippen LogP contribution in [0.2, 0.25) is 0 Å². The first kappa shape index (κ1) is 31.8. The number of nitro groups is 1. The molecule has 240 valence electrons. The van der Waals surface area contributed by atoms with Crippen LogP contribution in [-0.4, -0.2) is 72.4 Å². The summed E-state index contributed by atoms with van der Waals surface area (Å²) in [5.74, 6) is -0.0526. The van der Waals surface area contributed by atoms with Crippen LogP contribution in [0.3, 0.4) is 0 Å². The highest BCUT2D eigenvalue weighted by Crippen LogP contribution is 2.38. The lowest BCUT2D eigenvalue weighted by Gasteiger charge is -2.26. The third kappa shape index (κ3) is 7.53. The molecule has 3 heterocycles. The molecule has 1 aliphatic heterocycles. The summed E-state index contributed by atoms with van der Waals surface area (Å²) >= 11 is 0. The number of hydrogen-bond acceptors (Lipinski definition) is 10. The number of carbonyl (C=O) groups excluding carboxylic acids is 2. The van der Waals surface area contributed by atoms with Crippen molar-refractivity contribution in [3.8, 4) is 22.9 Å². The highest BCUT2D eigenvalue weighted by molar-refractivity contribution is 5.92. The molecule has 2 amide bonds. The van der Waals surface area contributed by atoms with Gasteiger partial charge in [-0.05, 0) is 68.4 Å². The van der Waals surface area contributed by atoms with Gasteiger partial charge >= 0.3 is 11.6 Å². The number of furan rings is 1. The number of hydrogen-bond donors (Lipinski definition) is 1. The number of aromatic nitrogens is 1. The number of rotatable bonds is 12. The van der Waals surface area contributed by atoms with Crippen LogP contribution in [-0.2, 0) is 16.1 Å². The molecular formula is C32H33N5O9. The normalized spacial score (nSPS) is 13.1. The number of aryl methyl sites for hydroxylation is 2. The maximum Gasteiger partial charge on any atom is 0.315 e. The molecule has 14 nitrogen and oxygen atoms in total. The zero-order valence-corrected chi connectivity index (χ0v) is 25.6. The van der Waals surface area contributed by atoms with E-state index in [9.17, 15) is 19.7 Å². The summed E-state index contributed by atoms with van der Waals surface area (Å²) in [4.78, 5) is 37.8. The Balaban J connectivity index is 1.17. The number of nitrogens with zero attached hydrogens (tertiary/aromatic N) is 4. The molecule has 0 bridgehead atoms. The Bertz CT molecular complexity index is 1720. The van der Waals surface area contributed by atoms with E-state index in [4.69, 9.17) is 23.4 Å². The second-order valence-electron chi connectivity index (χ2n) is 10.3. The third-order valence-electron chi connectivity index (χ3n) is 7.19. The number of ether oxygens (including phenoxy) is 4. The number of hydrazone groups is 1. The SMILES string of the molecule is COc1cc(/C=N/NC(=O)c2ccc(COc3ccc(-n4c(C)ccc4C)cc3)o2)cc([N+](=O)[O-])c1OCC(=O)N1CCOCC1. The molecule has 1 fully saturated rings. The topological polar surface area (TPSA) is 160 Å². The van der Waals surface area contributed by atoms with Gasteiger partial charge in [0.1, 0.15) is 18.1 Å². The number of benzene rings is 2. The molecule has 0 unspecified atom stereocenters. The summed E-state index contributed by atoms with van der Waals surface area (Å²) in [7, 11) is 1.32. The second kappa shape index (κ2) is 14.4. The van der Waals surface area contributed by atoms with Crippen molar-refractivity contribution in [2.24, 2.45) is 5.10 Å². The first-order valence-electron chi connectivity index (χ1n) is 14.4. The van der Waals surface area contributed by atoms with Crippen LogP contribution in [0.4, 0.5) is 5.69 Å². The van der Waals surface area contributed by atoms with Crippen LogP contribution in [0.15, 0.2) is 70.2 Å². The Morgan fingerprint density at radius 1 is 1.02 bits per heavy atom. The molecule has 5 rings (SSSR count). The Morgan fingerprint density at radius 2 is 1.74 bits per heavy atom. The zero-order chi connectivity index (χ0) is 32.6. The molecular weight excluding hydrogens is 598 g/mol. The average Bonchev–Trinajstić information content (AvgIpc) is 3.68. The maximum absolute atomic E-state index is 12.6. The van der Waals surface area contributed by atoms with Crippen LogP contribution in [0.1, 0.15) is 33.3 Å². The molecule has 4 aromatic rings. The Morgan fingerprint density at radius 3 is 2.41 bits per heavy atom. The van der Waals surface area contributed by atoms with Crippen LogP contribution in [0.25, 0.3) is 5.69 Å². The number of amides is 2. The molecule has 46 heavy (non-hydrogen) atoms. The first-order chi connectivity index (χ1) is 22.2. The van der Waals surface area contributed by atoms with Gasteiger partial charge in [0, 0.05) is 41.8 Å². The molecule has 1 N–H and O–H groups in total. The van der Waals surface area contributed by atoms with Crippen LogP contribution in [0.5, 0.6) is 17.2 Å². The van der Waals surface area contributed by atoms with E-state index in [0.29, 0.717) is 37.8 Å². The monoisotopic (exact) mass is 631 g/mol. The summed E-state index contributed by atoms with van der Waals surface area (Å²) in [6.07, 6.45) is 1.21. The minimum absolute atomic E-state index is 0.00176. The second-order valence-corrected chi connectivity index (χ2v) is 10.3. The van der Waals surface area contributed by atoms with Gasteiger partial charge in [-0.3, -0.25) is 19.7 Å². The maximum atomic E-state index is 12.6. The quantitative estimate of drug-likeness (QED) is 0.137. The van der Waals surface area contributed by atoms with Gasteiger partial charge < -0.3 is 32.8 Å². The smallest absolute Gasteiger partial charge is 0.315 e. The predicted octanol–water partition coefficient (Wildman–Crippen LogP) is 4.18. The van der Waals surface area contributed by atoms with E-state index in [1.807, 2.05) is 38.1 Å². The van der Waals surface area contributed by atoms with Gasteiger partial charge in [-0.25, -0.2) is 5.43 Å². The van der Waals surface area contributed by atoms with Crippen LogP contribution < -0.4 is 19.6 Å². The lowest BCUT2D eigenvalue weighted by molar-refractivity contribution is -0.385. The van der Waals surface area contributed by atoms with Crippen LogP contribution >= 0.6 is 0 Å². The lowest BCUT2D eigenvalue weighted by atomic mass is 10.2. The molecule has 14 heteroatoms. The van der Waals surface area contributed by atoms with Crippen molar-refractivity contribution >= 4 is 23.7 Å². The predicted molar refractivity (Wildman–Crippen MR) is 166 cm³/mol. The van der Waals surface area contributed by atoms with Crippen LogP contribution in [0, 0.1) is 24.0 Å². The summed E-state index contributed by atoms with van der Waals surface area (Å²) in [6, 6.07) is 17.5. The van der Waals surface area contributed by atoms with Crippen molar-refractivity contribution in [2.75, 3.05) is 40.0 Å². The molecule has 0 saturated carbocycles. The molecule has 1 aliphatic rings. The highest BCUT2D eigenvalue weighted by Gasteiger charge is 2.25. The number of carbonyl (C=O) groups is 2. The van der Waals surface area contributed by atoms with Crippen molar-refractivity contribution in [3.05, 3.63) is 99.2 Å². The van der Waals surface area contributed by atoms with E-state index < -0.39 is 23.1 Å². The third-order valence-corrected chi connectivity index (χ3v) is 7.19. The van der Waals surface area contributed by atoms with E-state index >= 15 is 0 Å². The van der Waals surface area contributed by atoms with E-state index in [1.165, 1.54) is 31.5 Å². The number of nitro benzene ring substituents is 1. The molecule has 2 aromatic heterocycles. The van der Waals surface area contributed by atoms with E-state index in [1.54, 1.807) is 11.0 Å². The zero-order valence-electron chi connectivity index (χ0n) is 25.6. The fourth-order valence-electron chi connectivity index (χ4n) is 4.87. The Hall–Kier alpha value is -5.63. The minimum atomic E-state index is -0.655. The molecule has 0 radical (unpaired) electrons. The van der Waals surface area contributed by atoms with E-state index in [-0.39, 0.29) is 35.3 Å². The van der Waals surface area contributed by atoms with E-state index in [2.05, 4.69) is 27.2 Å². The Labute approximate surface area is 264 Å². The van der Waals surface area contributed by atoms with Gasteiger partial charge in [-0.2, -0.15) is 5.10 Å². The highest BCUT2D eigenvalue weighted by atomic mass is 16.6. The summed E-state index contributed by atoms with van der Waals surface area (Å²) < 4.78 is 29.6. The molecule has 0 aliphatic carbocycles. The van der Waals surface area contributed by atoms with Crippen molar-refractivity contribution in [3.63, 3.8) is 0 Å². The number of morpholine rings is 1. The molecule has 0 atom stereocenters. The van der Waals surface area contributed by atoms with Crippen molar-refractivity contribution < 1.29 is 37.9 Å². The number of nitrogens with one attached hydrogen (secondary N) is 1. The van der Waals surface area contributed by atoms with E-state index in [0.717, 1.165) is 17.1 Å². The van der Waals surface area contributed by atoms with Gasteiger partial charge in [0.2, 0.25) is 5.75 Å². The summed E-state index contributed by atoms with van der Waals surface area (Å²) in [6.45, 7) is 5.45. The minimum Gasteiger partial charge on any atom is -0.493 e.